The first kappa shape index (κ1) is 23.2. The second-order valence-electron chi connectivity index (χ2n) is 7.14. The van der Waals surface area contributed by atoms with Crippen LogP contribution in [0.3, 0.4) is 0 Å². The summed E-state index contributed by atoms with van der Waals surface area (Å²) in [5, 5.41) is 3.04. The molecule has 31 heavy (non-hydrogen) atoms. The fraction of sp³-hybridized carbons (Fsp3) is 0.526. The first-order valence-electron chi connectivity index (χ1n) is 9.84. The lowest BCUT2D eigenvalue weighted by Gasteiger charge is -2.31. The molecule has 0 bridgehead atoms. The van der Waals surface area contributed by atoms with Crippen LogP contribution in [0.5, 0.6) is 0 Å². The van der Waals surface area contributed by atoms with E-state index in [1.54, 1.807) is 17.0 Å². The van der Waals surface area contributed by atoms with Crippen molar-refractivity contribution in [2.75, 3.05) is 54.6 Å². The summed E-state index contributed by atoms with van der Waals surface area (Å²) in [6.45, 7) is 3.19. The number of ether oxygens (including phenoxy) is 2. The number of rotatable bonds is 5. The van der Waals surface area contributed by atoms with Gasteiger partial charge >= 0.3 is 12.2 Å². The maximum atomic E-state index is 14.9. The summed E-state index contributed by atoms with van der Waals surface area (Å²) >= 11 is 5.11. The van der Waals surface area contributed by atoms with Gasteiger partial charge < -0.3 is 19.7 Å². The van der Waals surface area contributed by atoms with Gasteiger partial charge in [0.25, 0.3) is 0 Å². The molecule has 0 saturated carbocycles. The number of benzene rings is 1. The van der Waals surface area contributed by atoms with E-state index in [1.807, 2.05) is 6.92 Å². The molecule has 12 heteroatoms. The fourth-order valence-electron chi connectivity index (χ4n) is 3.34. The molecule has 170 valence electrons. The van der Waals surface area contributed by atoms with Crippen LogP contribution >= 0.6 is 12.2 Å². The highest BCUT2D eigenvalue weighted by Crippen LogP contribution is 2.29. The van der Waals surface area contributed by atoms with Gasteiger partial charge in [0.1, 0.15) is 11.9 Å². The maximum Gasteiger partial charge on any atom is 0.441 e. The Morgan fingerprint density at radius 3 is 2.74 bits per heavy atom. The summed E-state index contributed by atoms with van der Waals surface area (Å²) < 4.78 is 40.8. The predicted molar refractivity (Wildman–Crippen MR) is 120 cm³/mol. The lowest BCUT2D eigenvalue weighted by molar-refractivity contribution is 0.143. The third kappa shape index (κ3) is 5.62. The van der Waals surface area contributed by atoms with E-state index in [-0.39, 0.29) is 37.2 Å². The Hall–Kier alpha value is -2.47. The minimum atomic E-state index is -2.70. The van der Waals surface area contributed by atoms with E-state index in [2.05, 4.69) is 14.4 Å². The molecule has 2 saturated heterocycles. The van der Waals surface area contributed by atoms with Gasteiger partial charge in [0.05, 0.1) is 46.3 Å². The van der Waals surface area contributed by atoms with Gasteiger partial charge in [-0.15, -0.1) is 4.36 Å². The number of amides is 2. The average Bonchev–Trinajstić information content (AvgIpc) is 3.13. The Balaban J connectivity index is 1.65. The number of hydrogen-bond acceptors (Lipinski definition) is 7. The molecule has 9 nitrogen and oxygen atoms in total. The molecular formula is C19H25FN4O5S2. The Labute approximate surface area is 186 Å². The molecule has 0 unspecified atom stereocenters. The number of halogens is 1. The van der Waals surface area contributed by atoms with E-state index in [0.29, 0.717) is 29.3 Å². The van der Waals surface area contributed by atoms with Gasteiger partial charge in [-0.25, -0.2) is 18.2 Å². The SMILES string of the molecule is CCC(=S)NC[C@H]1CN(c2ccc(N3CCS(=O)(=NC(=O)OC)CC3)c(F)c2)C(=O)O1. The van der Waals surface area contributed by atoms with Gasteiger partial charge in [-0.2, -0.15) is 0 Å². The second-order valence-corrected chi connectivity index (χ2v) is 10.2. The van der Waals surface area contributed by atoms with E-state index >= 15 is 0 Å². The molecule has 0 aliphatic carbocycles. The highest BCUT2D eigenvalue weighted by Gasteiger charge is 2.33. The third-order valence-electron chi connectivity index (χ3n) is 5.08. The zero-order valence-corrected chi connectivity index (χ0v) is 19.0. The Morgan fingerprint density at radius 1 is 1.42 bits per heavy atom. The van der Waals surface area contributed by atoms with Crippen LogP contribution in [0.1, 0.15) is 13.3 Å². The Kier molecular flexibility index (Phi) is 7.31. The molecule has 2 amide bonds. The predicted octanol–water partition coefficient (Wildman–Crippen LogP) is 2.53. The lowest BCUT2D eigenvalue weighted by atomic mass is 10.2. The molecule has 2 aliphatic rings. The van der Waals surface area contributed by atoms with Crippen LogP contribution in [0.25, 0.3) is 0 Å². The van der Waals surface area contributed by atoms with Crippen LogP contribution in [0.2, 0.25) is 0 Å². The molecule has 0 spiro atoms. The van der Waals surface area contributed by atoms with Crippen molar-refractivity contribution in [2.24, 2.45) is 4.36 Å². The zero-order chi connectivity index (χ0) is 22.6. The molecular weight excluding hydrogens is 447 g/mol. The minimum Gasteiger partial charge on any atom is -0.451 e. The lowest BCUT2D eigenvalue weighted by Crippen LogP contribution is -2.41. The molecule has 1 aromatic carbocycles. The van der Waals surface area contributed by atoms with Crippen molar-refractivity contribution in [1.29, 1.82) is 0 Å². The van der Waals surface area contributed by atoms with Crippen LogP contribution in [0, 0.1) is 5.82 Å². The van der Waals surface area contributed by atoms with Crippen molar-refractivity contribution in [3.05, 3.63) is 24.0 Å². The molecule has 2 fully saturated rings. The smallest absolute Gasteiger partial charge is 0.441 e. The van der Waals surface area contributed by atoms with Gasteiger partial charge in [-0.3, -0.25) is 4.90 Å². The summed E-state index contributed by atoms with van der Waals surface area (Å²) in [4.78, 5) is 27.3. The number of nitrogens with one attached hydrogen (secondary N) is 1. The average molecular weight is 473 g/mol. The van der Waals surface area contributed by atoms with Crippen molar-refractivity contribution < 1.29 is 27.7 Å². The van der Waals surface area contributed by atoms with Crippen molar-refractivity contribution in [1.82, 2.24) is 5.32 Å². The standard InChI is InChI=1S/C19H25FN4O5S2/c1-3-17(30)21-11-14-12-24(19(26)29-14)13-4-5-16(15(20)10-13)23-6-8-31(27,9-7-23)22-18(25)28-2/h4-5,10,14H,3,6-9,11-12H2,1-2H3,(H,21,30)/t14-/m0/s1. The molecule has 1 N–H and O–H groups in total. The van der Waals surface area contributed by atoms with E-state index in [4.69, 9.17) is 17.0 Å². The summed E-state index contributed by atoms with van der Waals surface area (Å²) in [7, 11) is -1.53. The van der Waals surface area contributed by atoms with Crippen molar-refractivity contribution in [2.45, 2.75) is 19.4 Å². The number of carbonyl (C=O) groups excluding carboxylic acids is 2. The van der Waals surface area contributed by atoms with E-state index in [0.717, 1.165) is 0 Å². The van der Waals surface area contributed by atoms with Crippen LogP contribution in [0.4, 0.5) is 25.4 Å². The number of carbonyl (C=O) groups is 2. The number of cyclic esters (lactones) is 1. The zero-order valence-electron chi connectivity index (χ0n) is 17.3. The molecule has 2 aliphatic heterocycles. The normalized spacial score (nSPS) is 20.2. The molecule has 3 rings (SSSR count). The molecule has 1 aromatic rings. The second kappa shape index (κ2) is 9.77. The van der Waals surface area contributed by atoms with E-state index in [1.165, 1.54) is 18.1 Å². The quantitative estimate of drug-likeness (QED) is 0.653. The van der Waals surface area contributed by atoms with Gasteiger partial charge in [0, 0.05) is 24.6 Å². The molecule has 0 radical (unpaired) electrons. The first-order valence-corrected chi connectivity index (χ1v) is 12.1. The summed E-state index contributed by atoms with van der Waals surface area (Å²) in [5.74, 6) is -0.233. The van der Waals surface area contributed by atoms with Crippen LogP contribution in [-0.2, 0) is 19.2 Å². The van der Waals surface area contributed by atoms with Crippen LogP contribution < -0.4 is 15.1 Å². The highest BCUT2D eigenvalue weighted by atomic mass is 32.2. The number of thiocarbonyl (C=S) groups is 1. The number of methoxy groups -OCH3 is 1. The topological polar surface area (TPSA) is 101 Å². The Bertz CT molecular complexity index is 982. The van der Waals surface area contributed by atoms with E-state index in [9.17, 15) is 18.2 Å². The first-order chi connectivity index (χ1) is 14.7. The van der Waals surface area contributed by atoms with Crippen molar-refractivity contribution in [3.8, 4) is 0 Å². The maximum absolute atomic E-state index is 14.9. The Morgan fingerprint density at radius 2 is 2.13 bits per heavy atom. The van der Waals surface area contributed by atoms with Crippen molar-refractivity contribution in [3.63, 3.8) is 0 Å². The molecule has 1 atom stereocenters. The van der Waals surface area contributed by atoms with Gasteiger partial charge in [-0.05, 0) is 24.6 Å². The van der Waals surface area contributed by atoms with Crippen molar-refractivity contribution >= 4 is 50.5 Å². The number of nitrogens with zero attached hydrogens (tertiary/aromatic N) is 3. The van der Waals surface area contributed by atoms with E-state index < -0.39 is 27.7 Å². The monoisotopic (exact) mass is 472 g/mol. The number of hydrogen-bond donors (Lipinski definition) is 1. The third-order valence-corrected chi connectivity index (χ3v) is 7.64. The van der Waals surface area contributed by atoms with Crippen LogP contribution in [-0.4, -0.2) is 72.3 Å². The van der Waals surface area contributed by atoms with Gasteiger partial charge in [0.2, 0.25) is 0 Å². The summed E-state index contributed by atoms with van der Waals surface area (Å²) in [6.07, 6.45) is -1.08. The highest BCUT2D eigenvalue weighted by molar-refractivity contribution is 7.94. The van der Waals surface area contributed by atoms with Gasteiger partial charge in [-0.1, -0.05) is 19.1 Å². The van der Waals surface area contributed by atoms with Crippen LogP contribution in [0.15, 0.2) is 22.6 Å². The largest absolute Gasteiger partial charge is 0.451 e. The molecule has 0 aromatic heterocycles. The van der Waals surface area contributed by atoms with Gasteiger partial charge in [0.15, 0.2) is 0 Å². The summed E-state index contributed by atoms with van der Waals surface area (Å²) in [6, 6.07) is 4.52. The fourth-order valence-corrected chi connectivity index (χ4v) is 5.16. The molecule has 2 heterocycles. The number of anilines is 2. The summed E-state index contributed by atoms with van der Waals surface area (Å²) in [5.41, 5.74) is 0.732. The minimum absolute atomic E-state index is 0.135.